The summed E-state index contributed by atoms with van der Waals surface area (Å²) in [5.74, 6) is -0.816. The molecule has 0 aromatic rings. The monoisotopic (exact) mass is 973 g/mol. The maximum Gasteiger partial charge on any atom is 0.472 e. The zero-order chi connectivity index (χ0) is 49.9. The van der Waals surface area contributed by atoms with Crippen LogP contribution in [0.15, 0.2) is 85.1 Å². The highest BCUT2D eigenvalue weighted by Crippen LogP contribution is 2.43. The van der Waals surface area contributed by atoms with Crippen molar-refractivity contribution in [3.8, 4) is 0 Å². The summed E-state index contributed by atoms with van der Waals surface area (Å²) < 4.78 is 34.5. The fourth-order valence-electron chi connectivity index (χ4n) is 7.19. The molecule has 0 aliphatic rings. The van der Waals surface area contributed by atoms with Gasteiger partial charge in [0.2, 0.25) is 0 Å². The summed E-state index contributed by atoms with van der Waals surface area (Å²) in [6.45, 7) is 4.28. The Morgan fingerprint density at radius 3 is 1.25 bits per heavy atom. The van der Waals surface area contributed by atoms with Gasteiger partial charge in [0.15, 0.2) is 6.10 Å². The smallest absolute Gasteiger partial charge is 0.462 e. The van der Waals surface area contributed by atoms with E-state index >= 15 is 0 Å². The largest absolute Gasteiger partial charge is 0.472 e. The first-order valence-electron chi connectivity index (χ1n) is 27.3. The van der Waals surface area contributed by atoms with Gasteiger partial charge in [0, 0.05) is 12.8 Å². The number of ether oxygens (including phenoxy) is 2. The zero-order valence-electron chi connectivity index (χ0n) is 44.3. The molecule has 0 amide bonds. The lowest BCUT2D eigenvalue weighted by Crippen LogP contribution is -2.37. The average molecular weight is 973 g/mol. The van der Waals surface area contributed by atoms with Crippen LogP contribution >= 0.6 is 7.82 Å². The molecule has 0 spiro atoms. The van der Waals surface area contributed by atoms with Crippen molar-refractivity contribution in [3.63, 3.8) is 0 Å². The molecular formula is C58H103NO8P+. The van der Waals surface area contributed by atoms with Crippen molar-refractivity contribution in [2.75, 3.05) is 47.5 Å². The van der Waals surface area contributed by atoms with Crippen LogP contribution in [-0.4, -0.2) is 74.9 Å². The first-order valence-corrected chi connectivity index (χ1v) is 28.8. The summed E-state index contributed by atoms with van der Waals surface area (Å²) in [5.41, 5.74) is 0. The molecule has 0 bridgehead atoms. The van der Waals surface area contributed by atoms with E-state index in [4.69, 9.17) is 18.5 Å². The molecular weight excluding hydrogens is 870 g/mol. The number of phosphoric acid groups is 1. The SMILES string of the molecule is CC/C=C\C/C=C\C/C=C\C/C=C\CCCCCCCCCCCCCCC(=O)OC(COC(=O)CCCCCCCC/C=C\C/C=C\C/C=C\CCCCC)COP(=O)(O)OCC[N+](C)(C)C. The summed E-state index contributed by atoms with van der Waals surface area (Å²) in [4.78, 5) is 35.6. The van der Waals surface area contributed by atoms with Crippen molar-refractivity contribution >= 4 is 19.8 Å². The molecule has 0 saturated heterocycles. The molecule has 68 heavy (non-hydrogen) atoms. The molecule has 0 radical (unpaired) electrons. The number of esters is 2. The summed E-state index contributed by atoms with van der Waals surface area (Å²) >= 11 is 0. The summed E-state index contributed by atoms with van der Waals surface area (Å²) in [6.07, 6.45) is 64.9. The van der Waals surface area contributed by atoms with Gasteiger partial charge < -0.3 is 18.9 Å². The molecule has 0 rings (SSSR count). The van der Waals surface area contributed by atoms with Crippen LogP contribution in [0.5, 0.6) is 0 Å². The average Bonchev–Trinajstić information content (AvgIpc) is 3.30. The Morgan fingerprint density at radius 2 is 0.838 bits per heavy atom. The van der Waals surface area contributed by atoms with Crippen molar-refractivity contribution in [2.24, 2.45) is 0 Å². The number of nitrogens with zero attached hydrogens (tertiary/aromatic N) is 1. The molecule has 0 aliphatic carbocycles. The summed E-state index contributed by atoms with van der Waals surface area (Å²) in [5, 5.41) is 0. The van der Waals surface area contributed by atoms with Gasteiger partial charge in [-0.2, -0.15) is 0 Å². The molecule has 0 aliphatic heterocycles. The van der Waals surface area contributed by atoms with Gasteiger partial charge in [0.25, 0.3) is 0 Å². The van der Waals surface area contributed by atoms with E-state index < -0.39 is 26.5 Å². The Morgan fingerprint density at radius 1 is 0.471 bits per heavy atom. The molecule has 10 heteroatoms. The normalized spacial score (nSPS) is 14.0. The Labute approximate surface area is 418 Å². The first-order chi connectivity index (χ1) is 33.0. The van der Waals surface area contributed by atoms with E-state index in [1.54, 1.807) is 0 Å². The number of phosphoric ester groups is 1. The Balaban J connectivity index is 4.23. The molecule has 0 fully saturated rings. The van der Waals surface area contributed by atoms with Crippen molar-refractivity contribution in [1.82, 2.24) is 0 Å². The minimum absolute atomic E-state index is 0.0253. The molecule has 0 heterocycles. The Hall–Kier alpha value is -2.81. The van der Waals surface area contributed by atoms with Crippen molar-refractivity contribution < 1.29 is 42.1 Å². The van der Waals surface area contributed by atoms with Crippen molar-refractivity contribution in [1.29, 1.82) is 0 Å². The van der Waals surface area contributed by atoms with E-state index in [2.05, 4.69) is 98.9 Å². The molecule has 2 atom stereocenters. The van der Waals surface area contributed by atoms with E-state index in [0.717, 1.165) is 89.9 Å². The molecule has 1 N–H and O–H groups in total. The third-order valence-corrected chi connectivity index (χ3v) is 12.4. The lowest BCUT2D eigenvalue weighted by Gasteiger charge is -2.24. The zero-order valence-corrected chi connectivity index (χ0v) is 45.2. The van der Waals surface area contributed by atoms with Crippen LogP contribution in [0.25, 0.3) is 0 Å². The van der Waals surface area contributed by atoms with E-state index in [1.165, 1.54) is 96.3 Å². The second kappa shape index (κ2) is 49.2. The van der Waals surface area contributed by atoms with E-state index in [-0.39, 0.29) is 32.0 Å². The number of hydrogen-bond acceptors (Lipinski definition) is 7. The highest BCUT2D eigenvalue weighted by Gasteiger charge is 2.27. The minimum atomic E-state index is -4.39. The van der Waals surface area contributed by atoms with Crippen LogP contribution < -0.4 is 0 Å². The highest BCUT2D eigenvalue weighted by molar-refractivity contribution is 7.47. The number of hydrogen-bond donors (Lipinski definition) is 1. The van der Waals surface area contributed by atoms with Gasteiger partial charge in [0.05, 0.1) is 27.7 Å². The van der Waals surface area contributed by atoms with Crippen LogP contribution in [0, 0.1) is 0 Å². The van der Waals surface area contributed by atoms with Gasteiger partial charge in [-0.05, 0) is 89.9 Å². The van der Waals surface area contributed by atoms with Crippen molar-refractivity contribution in [2.45, 2.75) is 225 Å². The molecule has 0 saturated carbocycles. The fraction of sp³-hybridized carbons (Fsp3) is 0.724. The van der Waals surface area contributed by atoms with Gasteiger partial charge in [-0.3, -0.25) is 18.6 Å². The van der Waals surface area contributed by atoms with Crippen molar-refractivity contribution in [3.05, 3.63) is 85.1 Å². The second-order valence-corrected chi connectivity index (χ2v) is 20.7. The number of carbonyl (C=O) groups excluding carboxylic acids is 2. The van der Waals surface area contributed by atoms with E-state index in [9.17, 15) is 19.0 Å². The maximum absolute atomic E-state index is 12.8. The van der Waals surface area contributed by atoms with Crippen LogP contribution in [0.3, 0.4) is 0 Å². The third-order valence-electron chi connectivity index (χ3n) is 11.4. The number of carbonyl (C=O) groups is 2. The Bertz CT molecular complexity index is 1420. The molecule has 392 valence electrons. The van der Waals surface area contributed by atoms with Gasteiger partial charge >= 0.3 is 19.8 Å². The fourth-order valence-corrected chi connectivity index (χ4v) is 7.93. The molecule has 2 unspecified atom stereocenters. The number of quaternary nitrogens is 1. The number of unbranched alkanes of at least 4 members (excludes halogenated alkanes) is 21. The van der Waals surface area contributed by atoms with E-state index in [0.29, 0.717) is 17.4 Å². The number of allylic oxidation sites excluding steroid dienone is 14. The standard InChI is InChI=1S/C58H102NO8P/c1-6-8-10-12-14-16-18-20-22-24-26-27-28-29-30-31-33-35-37-39-41-43-45-47-49-51-58(61)67-56(55-66-68(62,63)65-53-52-59(3,4)5)54-64-57(60)50-48-46-44-42-40-38-36-34-32-25-23-21-19-17-15-13-11-9-7-2/h8,10,14-17,20-23,26-27,32,34,56H,6-7,9,11-13,18-19,24-25,28-31,33,35-55H2,1-5H3/p+1/b10-8-,16-14-,17-15-,22-20-,23-21-,27-26-,34-32-. The topological polar surface area (TPSA) is 108 Å². The van der Waals surface area contributed by atoms with Crippen LogP contribution in [0.1, 0.15) is 219 Å². The predicted octanol–water partition coefficient (Wildman–Crippen LogP) is 16.7. The third kappa shape index (κ3) is 52.6. The van der Waals surface area contributed by atoms with Gasteiger partial charge in [-0.15, -0.1) is 0 Å². The quantitative estimate of drug-likeness (QED) is 0.0211. The minimum Gasteiger partial charge on any atom is -0.462 e. The molecule has 0 aromatic heterocycles. The number of likely N-dealkylation sites (N-methyl/N-ethyl adjacent to an activating group) is 1. The van der Waals surface area contributed by atoms with Crippen LogP contribution in [0.2, 0.25) is 0 Å². The summed E-state index contributed by atoms with van der Waals surface area (Å²) in [7, 11) is 1.46. The lowest BCUT2D eigenvalue weighted by atomic mass is 10.0. The molecule has 9 nitrogen and oxygen atoms in total. The van der Waals surface area contributed by atoms with Gasteiger partial charge in [-0.25, -0.2) is 4.57 Å². The van der Waals surface area contributed by atoms with Gasteiger partial charge in [0.1, 0.15) is 19.8 Å². The van der Waals surface area contributed by atoms with Crippen LogP contribution in [0.4, 0.5) is 0 Å². The molecule has 0 aromatic carbocycles. The second-order valence-electron chi connectivity index (χ2n) is 19.2. The van der Waals surface area contributed by atoms with Crippen LogP contribution in [-0.2, 0) is 32.7 Å². The first kappa shape index (κ1) is 65.2. The van der Waals surface area contributed by atoms with E-state index in [1.807, 2.05) is 21.1 Å². The lowest BCUT2D eigenvalue weighted by molar-refractivity contribution is -0.870. The summed E-state index contributed by atoms with van der Waals surface area (Å²) in [6, 6.07) is 0. The van der Waals surface area contributed by atoms with Gasteiger partial charge in [-0.1, -0.05) is 202 Å². The maximum atomic E-state index is 12.8. The Kier molecular flexibility index (Phi) is 47.2. The highest BCUT2D eigenvalue weighted by atomic mass is 31.2. The predicted molar refractivity (Wildman–Crippen MR) is 289 cm³/mol. The number of rotatable bonds is 49.